The van der Waals surface area contributed by atoms with E-state index in [0.717, 1.165) is 23.4 Å². The molecule has 0 radical (unpaired) electrons. The first-order chi connectivity index (χ1) is 9.56. The maximum atomic E-state index is 11.0. The van der Waals surface area contributed by atoms with Crippen molar-refractivity contribution in [2.24, 2.45) is 0 Å². The first kappa shape index (κ1) is 14.0. The molecule has 0 atom stereocenters. The normalized spacial score (nSPS) is 10.6. The Morgan fingerprint density at radius 3 is 2.75 bits per heavy atom. The van der Waals surface area contributed by atoms with Gasteiger partial charge >= 0.3 is 5.97 Å². The number of nitrogens with zero attached hydrogens (tertiary/aromatic N) is 3. The van der Waals surface area contributed by atoms with Crippen molar-refractivity contribution >= 4 is 5.97 Å². The van der Waals surface area contributed by atoms with Crippen molar-refractivity contribution in [1.29, 1.82) is 0 Å². The summed E-state index contributed by atoms with van der Waals surface area (Å²) in [5.74, 6) is 0.132. The van der Waals surface area contributed by atoms with Crippen LogP contribution in [0.15, 0.2) is 18.2 Å². The van der Waals surface area contributed by atoms with Crippen molar-refractivity contribution in [2.75, 3.05) is 7.11 Å². The first-order valence-corrected chi connectivity index (χ1v) is 6.41. The number of aryl methyl sites for hydroxylation is 2. The minimum Gasteiger partial charge on any atom is -0.496 e. The molecule has 0 aliphatic carbocycles. The molecule has 1 aromatic carbocycles. The number of benzene rings is 1. The van der Waals surface area contributed by atoms with Crippen LogP contribution in [0.4, 0.5) is 0 Å². The molecule has 1 aromatic heterocycles. The molecule has 0 bridgehead atoms. The number of rotatable bonds is 5. The monoisotopic (exact) mass is 275 g/mol. The van der Waals surface area contributed by atoms with Crippen molar-refractivity contribution < 1.29 is 14.6 Å². The highest BCUT2D eigenvalue weighted by Crippen LogP contribution is 2.21. The van der Waals surface area contributed by atoms with Gasteiger partial charge in [0.1, 0.15) is 11.6 Å². The maximum Gasteiger partial charge on any atom is 0.375 e. The molecule has 6 nitrogen and oxygen atoms in total. The quantitative estimate of drug-likeness (QED) is 0.905. The molecule has 1 heterocycles. The van der Waals surface area contributed by atoms with E-state index in [0.29, 0.717) is 12.2 Å². The second-order valence-electron chi connectivity index (χ2n) is 4.47. The molecule has 2 rings (SSSR count). The number of carbonyl (C=O) groups is 1. The van der Waals surface area contributed by atoms with Gasteiger partial charge in [-0.05, 0) is 37.1 Å². The summed E-state index contributed by atoms with van der Waals surface area (Å²) in [4.78, 5) is 15.1. The number of hydrogen-bond acceptors (Lipinski definition) is 4. The Morgan fingerprint density at radius 2 is 2.20 bits per heavy atom. The van der Waals surface area contributed by atoms with Gasteiger partial charge in [-0.1, -0.05) is 6.92 Å². The molecule has 0 amide bonds. The minimum absolute atomic E-state index is 0.179. The van der Waals surface area contributed by atoms with Gasteiger partial charge in [0.15, 0.2) is 0 Å². The Morgan fingerprint density at radius 1 is 1.45 bits per heavy atom. The zero-order valence-electron chi connectivity index (χ0n) is 11.8. The predicted octanol–water partition coefficient (Wildman–Crippen LogP) is 2.24. The summed E-state index contributed by atoms with van der Waals surface area (Å²) in [6, 6.07) is 5.58. The molecule has 0 saturated carbocycles. The second kappa shape index (κ2) is 5.73. The third-order valence-corrected chi connectivity index (χ3v) is 2.96. The van der Waals surface area contributed by atoms with Crippen LogP contribution in [-0.2, 0) is 6.42 Å². The smallest absolute Gasteiger partial charge is 0.375 e. The maximum absolute atomic E-state index is 11.0. The van der Waals surface area contributed by atoms with Crippen LogP contribution in [0.25, 0.3) is 5.69 Å². The number of carboxylic acid groups (broad SMARTS) is 1. The first-order valence-electron chi connectivity index (χ1n) is 6.41. The third kappa shape index (κ3) is 2.64. The van der Waals surface area contributed by atoms with E-state index in [1.54, 1.807) is 11.8 Å². The fourth-order valence-electron chi connectivity index (χ4n) is 2.02. The number of carboxylic acids is 1. The van der Waals surface area contributed by atoms with Gasteiger partial charge in [-0.15, -0.1) is 5.10 Å². The topological polar surface area (TPSA) is 77.2 Å². The SMILES string of the molecule is CCCc1nc(C(=O)O)nn1-c1ccc(OC)c(C)c1. The highest BCUT2D eigenvalue weighted by atomic mass is 16.5. The zero-order chi connectivity index (χ0) is 14.7. The Kier molecular flexibility index (Phi) is 4.02. The number of aromatic nitrogens is 3. The number of ether oxygens (including phenoxy) is 1. The Balaban J connectivity index is 2.50. The molecule has 0 fully saturated rings. The van der Waals surface area contributed by atoms with Crippen LogP contribution in [-0.4, -0.2) is 33.0 Å². The van der Waals surface area contributed by atoms with Gasteiger partial charge in [-0.3, -0.25) is 0 Å². The molecule has 1 N–H and O–H groups in total. The van der Waals surface area contributed by atoms with E-state index < -0.39 is 5.97 Å². The largest absolute Gasteiger partial charge is 0.496 e. The molecular weight excluding hydrogens is 258 g/mol. The molecule has 20 heavy (non-hydrogen) atoms. The van der Waals surface area contributed by atoms with Crippen LogP contribution in [0.1, 0.15) is 35.4 Å². The van der Waals surface area contributed by atoms with E-state index in [2.05, 4.69) is 10.1 Å². The van der Waals surface area contributed by atoms with E-state index in [9.17, 15) is 4.79 Å². The van der Waals surface area contributed by atoms with Crippen LogP contribution >= 0.6 is 0 Å². The summed E-state index contributed by atoms with van der Waals surface area (Å²) in [5, 5.41) is 13.1. The number of aromatic carboxylic acids is 1. The van der Waals surface area contributed by atoms with E-state index >= 15 is 0 Å². The van der Waals surface area contributed by atoms with E-state index in [-0.39, 0.29) is 5.82 Å². The van der Waals surface area contributed by atoms with Crippen LogP contribution in [0.5, 0.6) is 5.75 Å². The number of methoxy groups -OCH3 is 1. The van der Waals surface area contributed by atoms with Crippen LogP contribution in [0.2, 0.25) is 0 Å². The summed E-state index contributed by atoms with van der Waals surface area (Å²) in [6.07, 6.45) is 1.54. The molecule has 0 saturated heterocycles. The molecule has 0 aliphatic heterocycles. The molecule has 0 unspecified atom stereocenters. The third-order valence-electron chi connectivity index (χ3n) is 2.96. The van der Waals surface area contributed by atoms with Crippen molar-refractivity contribution in [3.05, 3.63) is 35.4 Å². The van der Waals surface area contributed by atoms with Gasteiger partial charge in [0, 0.05) is 6.42 Å². The fourth-order valence-corrected chi connectivity index (χ4v) is 2.02. The molecule has 2 aromatic rings. The number of hydrogen-bond donors (Lipinski definition) is 1. The lowest BCUT2D eigenvalue weighted by atomic mass is 10.2. The average molecular weight is 275 g/mol. The van der Waals surface area contributed by atoms with Gasteiger partial charge in [0.25, 0.3) is 5.82 Å². The molecule has 6 heteroatoms. The van der Waals surface area contributed by atoms with Crippen molar-refractivity contribution in [1.82, 2.24) is 14.8 Å². The van der Waals surface area contributed by atoms with Gasteiger partial charge in [0.2, 0.25) is 0 Å². The van der Waals surface area contributed by atoms with Gasteiger partial charge < -0.3 is 9.84 Å². The molecule has 0 aliphatic rings. The lowest BCUT2D eigenvalue weighted by molar-refractivity contribution is 0.0683. The van der Waals surface area contributed by atoms with Crippen molar-refractivity contribution in [3.63, 3.8) is 0 Å². The second-order valence-corrected chi connectivity index (χ2v) is 4.47. The van der Waals surface area contributed by atoms with Gasteiger partial charge in [-0.25, -0.2) is 14.5 Å². The van der Waals surface area contributed by atoms with E-state index in [1.807, 2.05) is 32.0 Å². The Labute approximate surface area is 117 Å². The van der Waals surface area contributed by atoms with Crippen molar-refractivity contribution in [3.8, 4) is 11.4 Å². The summed E-state index contributed by atoms with van der Waals surface area (Å²) in [7, 11) is 1.61. The standard InChI is InChI=1S/C14H17N3O3/c1-4-5-12-15-13(14(18)19)16-17(12)10-6-7-11(20-3)9(2)8-10/h6-8H,4-5H2,1-3H3,(H,18,19). The van der Waals surface area contributed by atoms with Crippen LogP contribution in [0.3, 0.4) is 0 Å². The van der Waals surface area contributed by atoms with E-state index in [1.165, 1.54) is 0 Å². The summed E-state index contributed by atoms with van der Waals surface area (Å²) >= 11 is 0. The van der Waals surface area contributed by atoms with E-state index in [4.69, 9.17) is 9.84 Å². The lowest BCUT2D eigenvalue weighted by Gasteiger charge is -2.09. The summed E-state index contributed by atoms with van der Waals surface area (Å²) < 4.78 is 6.80. The molecule has 0 spiro atoms. The highest BCUT2D eigenvalue weighted by Gasteiger charge is 2.16. The molecule has 106 valence electrons. The highest BCUT2D eigenvalue weighted by molar-refractivity contribution is 5.83. The Hall–Kier alpha value is -2.37. The summed E-state index contributed by atoms with van der Waals surface area (Å²) in [6.45, 7) is 3.94. The van der Waals surface area contributed by atoms with Gasteiger partial charge in [-0.2, -0.15) is 0 Å². The van der Waals surface area contributed by atoms with Crippen molar-refractivity contribution in [2.45, 2.75) is 26.7 Å². The van der Waals surface area contributed by atoms with Crippen LogP contribution in [0, 0.1) is 6.92 Å². The minimum atomic E-state index is -1.12. The predicted molar refractivity (Wildman–Crippen MR) is 73.6 cm³/mol. The average Bonchev–Trinajstić information content (AvgIpc) is 2.83. The molecular formula is C14H17N3O3. The summed E-state index contributed by atoms with van der Waals surface area (Å²) in [5.41, 5.74) is 1.74. The lowest BCUT2D eigenvalue weighted by Crippen LogP contribution is -2.04. The Bertz CT molecular complexity index is 635. The van der Waals surface area contributed by atoms with Gasteiger partial charge in [0.05, 0.1) is 12.8 Å². The van der Waals surface area contributed by atoms with Crippen LogP contribution < -0.4 is 4.74 Å². The fraction of sp³-hybridized carbons (Fsp3) is 0.357. The zero-order valence-corrected chi connectivity index (χ0v) is 11.8.